The standard InChI is InChI=1S/C16H14N6OS2/c23-16-21-9-5-4-8-13(21)20-22(16)10-11-24-15-19-18-14(25-15)17-12-6-2-1-3-7-12/h1-9H,10-11H2,(H,17,18). The van der Waals surface area contributed by atoms with Crippen molar-refractivity contribution in [2.45, 2.75) is 10.9 Å². The number of pyridine rings is 1. The van der Waals surface area contributed by atoms with E-state index < -0.39 is 0 Å². The molecule has 4 aromatic rings. The number of rotatable bonds is 6. The lowest BCUT2D eigenvalue weighted by Gasteiger charge is -1.99. The Bertz CT molecular complexity index is 1040. The van der Waals surface area contributed by atoms with Gasteiger partial charge in [-0.15, -0.1) is 15.3 Å². The van der Waals surface area contributed by atoms with Crippen LogP contribution in [0.2, 0.25) is 0 Å². The van der Waals surface area contributed by atoms with Gasteiger partial charge in [0.25, 0.3) is 0 Å². The van der Waals surface area contributed by atoms with E-state index in [1.165, 1.54) is 20.4 Å². The summed E-state index contributed by atoms with van der Waals surface area (Å²) in [5.41, 5.74) is 1.51. The predicted molar refractivity (Wildman–Crippen MR) is 99.8 cm³/mol. The molecule has 126 valence electrons. The maximum atomic E-state index is 12.2. The highest BCUT2D eigenvalue weighted by molar-refractivity contribution is 8.01. The molecule has 0 saturated heterocycles. The van der Waals surface area contributed by atoms with Crippen molar-refractivity contribution in [2.75, 3.05) is 11.1 Å². The lowest BCUT2D eigenvalue weighted by molar-refractivity contribution is 0.639. The minimum Gasteiger partial charge on any atom is -0.330 e. The molecule has 1 aromatic carbocycles. The second kappa shape index (κ2) is 7.08. The number of hydrogen-bond acceptors (Lipinski definition) is 7. The quantitative estimate of drug-likeness (QED) is 0.526. The lowest BCUT2D eigenvalue weighted by atomic mass is 10.3. The Morgan fingerprint density at radius 3 is 2.76 bits per heavy atom. The minimum atomic E-state index is -0.125. The fraction of sp³-hybridized carbons (Fsp3) is 0.125. The average molecular weight is 370 g/mol. The zero-order valence-electron chi connectivity index (χ0n) is 13.1. The number of nitrogens with one attached hydrogen (secondary N) is 1. The number of thioether (sulfide) groups is 1. The summed E-state index contributed by atoms with van der Waals surface area (Å²) < 4.78 is 3.87. The van der Waals surface area contributed by atoms with E-state index in [1.807, 2.05) is 48.5 Å². The highest BCUT2D eigenvalue weighted by Crippen LogP contribution is 2.27. The Morgan fingerprint density at radius 2 is 1.92 bits per heavy atom. The summed E-state index contributed by atoms with van der Waals surface area (Å²) in [5, 5.41) is 16.6. The van der Waals surface area contributed by atoms with E-state index in [9.17, 15) is 4.79 Å². The molecule has 0 aliphatic carbocycles. The molecule has 0 atom stereocenters. The SMILES string of the molecule is O=c1n(CCSc2nnc(Nc3ccccc3)s2)nc2ccccn12. The molecule has 0 saturated carbocycles. The Hall–Kier alpha value is -2.65. The van der Waals surface area contributed by atoms with Crippen molar-refractivity contribution in [1.29, 1.82) is 0 Å². The van der Waals surface area contributed by atoms with Gasteiger partial charge in [-0.05, 0) is 24.3 Å². The van der Waals surface area contributed by atoms with Crippen molar-refractivity contribution in [3.05, 3.63) is 65.2 Å². The van der Waals surface area contributed by atoms with Gasteiger partial charge in [-0.3, -0.25) is 4.40 Å². The second-order valence-corrected chi connectivity index (χ2v) is 7.47. The maximum absolute atomic E-state index is 12.2. The number of aromatic nitrogens is 5. The monoisotopic (exact) mass is 370 g/mol. The van der Waals surface area contributed by atoms with Gasteiger partial charge in [0.2, 0.25) is 5.13 Å². The molecule has 4 rings (SSSR count). The summed E-state index contributed by atoms with van der Waals surface area (Å²) in [4.78, 5) is 12.2. The largest absolute Gasteiger partial charge is 0.350 e. The molecular weight excluding hydrogens is 356 g/mol. The molecule has 0 radical (unpaired) electrons. The van der Waals surface area contributed by atoms with E-state index in [0.717, 1.165) is 15.2 Å². The number of anilines is 2. The van der Waals surface area contributed by atoms with Crippen molar-refractivity contribution in [2.24, 2.45) is 0 Å². The summed E-state index contributed by atoms with van der Waals surface area (Å²) in [6.07, 6.45) is 1.72. The second-order valence-electron chi connectivity index (χ2n) is 5.15. The van der Waals surface area contributed by atoms with Gasteiger partial charge in [-0.1, -0.05) is 47.4 Å². The van der Waals surface area contributed by atoms with Crippen LogP contribution < -0.4 is 11.0 Å². The van der Waals surface area contributed by atoms with Gasteiger partial charge in [-0.25, -0.2) is 9.48 Å². The van der Waals surface area contributed by atoms with E-state index >= 15 is 0 Å². The zero-order chi connectivity index (χ0) is 17.1. The Labute approximate surface area is 151 Å². The molecule has 7 nitrogen and oxygen atoms in total. The Kier molecular flexibility index (Phi) is 4.49. The van der Waals surface area contributed by atoms with Crippen LogP contribution in [0.4, 0.5) is 10.8 Å². The number of aryl methyl sites for hydroxylation is 1. The molecular formula is C16H14N6OS2. The molecule has 0 fully saturated rings. The van der Waals surface area contributed by atoms with Crippen LogP contribution in [0, 0.1) is 0 Å². The molecule has 0 bridgehead atoms. The smallest absolute Gasteiger partial charge is 0.330 e. The van der Waals surface area contributed by atoms with E-state index in [0.29, 0.717) is 17.9 Å². The van der Waals surface area contributed by atoms with Crippen LogP contribution in [-0.4, -0.2) is 30.1 Å². The predicted octanol–water partition coefficient (Wildman–Crippen LogP) is 2.88. The van der Waals surface area contributed by atoms with Crippen molar-refractivity contribution < 1.29 is 0 Å². The van der Waals surface area contributed by atoms with Gasteiger partial charge in [0.05, 0.1) is 6.54 Å². The Morgan fingerprint density at radius 1 is 1.08 bits per heavy atom. The number of benzene rings is 1. The topological polar surface area (TPSA) is 77.1 Å². The first kappa shape index (κ1) is 15.9. The number of hydrogen-bond donors (Lipinski definition) is 1. The first-order chi connectivity index (χ1) is 12.3. The summed E-state index contributed by atoms with van der Waals surface area (Å²) in [6, 6.07) is 15.3. The van der Waals surface area contributed by atoms with Gasteiger partial charge >= 0.3 is 5.69 Å². The van der Waals surface area contributed by atoms with Gasteiger partial charge in [0.1, 0.15) is 0 Å². The van der Waals surface area contributed by atoms with E-state index in [-0.39, 0.29) is 5.69 Å². The molecule has 0 spiro atoms. The molecule has 0 unspecified atom stereocenters. The highest BCUT2D eigenvalue weighted by atomic mass is 32.2. The maximum Gasteiger partial charge on any atom is 0.350 e. The first-order valence-corrected chi connectivity index (χ1v) is 9.42. The lowest BCUT2D eigenvalue weighted by Crippen LogP contribution is -2.21. The van der Waals surface area contributed by atoms with Crippen LogP contribution in [0.1, 0.15) is 0 Å². The van der Waals surface area contributed by atoms with Gasteiger partial charge in [0.15, 0.2) is 9.99 Å². The van der Waals surface area contributed by atoms with Gasteiger partial charge < -0.3 is 5.32 Å². The number of fused-ring (bicyclic) bond motifs is 1. The molecule has 0 aliphatic rings. The van der Waals surface area contributed by atoms with Crippen LogP contribution in [-0.2, 0) is 6.54 Å². The average Bonchev–Trinajstić information content (AvgIpc) is 3.21. The fourth-order valence-electron chi connectivity index (χ4n) is 2.30. The zero-order valence-corrected chi connectivity index (χ0v) is 14.7. The van der Waals surface area contributed by atoms with E-state index in [2.05, 4.69) is 20.6 Å². The van der Waals surface area contributed by atoms with E-state index in [1.54, 1.807) is 18.0 Å². The van der Waals surface area contributed by atoms with Gasteiger partial charge in [-0.2, -0.15) is 0 Å². The third-order valence-corrected chi connectivity index (χ3v) is 5.40. The molecule has 0 amide bonds. The highest BCUT2D eigenvalue weighted by Gasteiger charge is 2.08. The normalized spacial score (nSPS) is 11.0. The van der Waals surface area contributed by atoms with Gasteiger partial charge in [0, 0.05) is 17.6 Å². The van der Waals surface area contributed by atoms with Crippen molar-refractivity contribution >= 4 is 39.6 Å². The van der Waals surface area contributed by atoms with Crippen molar-refractivity contribution in [1.82, 2.24) is 24.4 Å². The first-order valence-electron chi connectivity index (χ1n) is 7.62. The number of nitrogens with zero attached hydrogens (tertiary/aromatic N) is 5. The third-order valence-electron chi connectivity index (χ3n) is 3.45. The third kappa shape index (κ3) is 3.57. The van der Waals surface area contributed by atoms with Crippen LogP contribution >= 0.6 is 23.1 Å². The summed E-state index contributed by atoms with van der Waals surface area (Å²) in [7, 11) is 0. The van der Waals surface area contributed by atoms with Crippen LogP contribution in [0.15, 0.2) is 63.9 Å². The van der Waals surface area contributed by atoms with Crippen LogP contribution in [0.25, 0.3) is 5.65 Å². The molecule has 0 aliphatic heterocycles. The van der Waals surface area contributed by atoms with Crippen molar-refractivity contribution in [3.8, 4) is 0 Å². The molecule has 3 heterocycles. The van der Waals surface area contributed by atoms with E-state index in [4.69, 9.17) is 0 Å². The Balaban J connectivity index is 1.37. The summed E-state index contributed by atoms with van der Waals surface area (Å²) in [6.45, 7) is 0.520. The fourth-order valence-corrected chi connectivity index (χ4v) is 4.05. The summed E-state index contributed by atoms with van der Waals surface area (Å²) in [5.74, 6) is 0.698. The molecule has 3 aromatic heterocycles. The molecule has 9 heteroatoms. The van der Waals surface area contributed by atoms with Crippen LogP contribution in [0.3, 0.4) is 0 Å². The summed E-state index contributed by atoms with van der Waals surface area (Å²) >= 11 is 3.05. The number of para-hydroxylation sites is 1. The van der Waals surface area contributed by atoms with Crippen LogP contribution in [0.5, 0.6) is 0 Å². The van der Waals surface area contributed by atoms with Crippen molar-refractivity contribution in [3.63, 3.8) is 0 Å². The molecule has 1 N–H and O–H groups in total. The minimum absolute atomic E-state index is 0.125. The molecule has 25 heavy (non-hydrogen) atoms.